The maximum absolute atomic E-state index is 13.4. The molecule has 39 heavy (non-hydrogen) atoms. The van der Waals surface area contributed by atoms with Crippen LogP contribution in [0.4, 0.5) is 0 Å². The standard InChI is InChI=1S/C27H18BrClN4O6/c28-18-13-19(29)20-21(34)30-27(33(20)26(18)39,9-11-31-22(35)14-5-1-2-6-15(14)23(31)36)10-12-32-24(37)16-7-3-4-8-17(16)25(32)38/h1-8,13H,9-12H2,(H,30,34). The monoisotopic (exact) mass is 608 g/mol. The van der Waals surface area contributed by atoms with Gasteiger partial charge in [-0.3, -0.25) is 43.1 Å². The molecule has 3 aromatic rings. The number of carbonyl (C=O) groups is 5. The van der Waals surface area contributed by atoms with E-state index in [1.807, 2.05) is 0 Å². The molecule has 6 rings (SSSR count). The number of hydrogen-bond donors (Lipinski definition) is 1. The van der Waals surface area contributed by atoms with Crippen LogP contribution < -0.4 is 10.9 Å². The van der Waals surface area contributed by atoms with E-state index in [1.54, 1.807) is 48.5 Å². The first kappa shape index (κ1) is 25.2. The molecule has 3 aliphatic heterocycles. The summed E-state index contributed by atoms with van der Waals surface area (Å²) in [6.07, 6.45) is -0.153. The number of pyridine rings is 1. The minimum absolute atomic E-state index is 0.0160. The second-order valence-corrected chi connectivity index (χ2v) is 10.7. The predicted molar refractivity (Wildman–Crippen MR) is 142 cm³/mol. The maximum Gasteiger partial charge on any atom is 0.271 e. The fraction of sp³-hybridized carbons (Fsp3) is 0.185. The van der Waals surface area contributed by atoms with Crippen molar-refractivity contribution in [3.8, 4) is 0 Å². The van der Waals surface area contributed by atoms with E-state index in [2.05, 4.69) is 21.2 Å². The minimum atomic E-state index is -1.50. The Morgan fingerprint density at radius 1 is 0.718 bits per heavy atom. The van der Waals surface area contributed by atoms with Gasteiger partial charge in [-0.2, -0.15) is 0 Å². The van der Waals surface area contributed by atoms with Crippen LogP contribution in [0.3, 0.4) is 0 Å². The van der Waals surface area contributed by atoms with E-state index in [0.717, 1.165) is 9.80 Å². The Hall–Kier alpha value is -4.09. The first-order valence-electron chi connectivity index (χ1n) is 12.0. The van der Waals surface area contributed by atoms with Gasteiger partial charge in [-0.15, -0.1) is 0 Å². The summed E-state index contributed by atoms with van der Waals surface area (Å²) in [5.41, 5.74) is -1.10. The number of rotatable bonds is 6. The molecule has 0 fully saturated rings. The van der Waals surface area contributed by atoms with E-state index in [1.165, 1.54) is 10.6 Å². The summed E-state index contributed by atoms with van der Waals surface area (Å²) in [6.45, 7) is -0.296. The lowest BCUT2D eigenvalue weighted by atomic mass is 10.0. The zero-order chi connectivity index (χ0) is 27.6. The zero-order valence-corrected chi connectivity index (χ0v) is 22.4. The molecule has 10 nitrogen and oxygen atoms in total. The quantitative estimate of drug-likeness (QED) is 0.429. The van der Waals surface area contributed by atoms with Crippen molar-refractivity contribution in [2.45, 2.75) is 18.5 Å². The molecule has 4 heterocycles. The molecule has 0 bridgehead atoms. The number of amides is 5. The highest BCUT2D eigenvalue weighted by Gasteiger charge is 2.48. The number of halogens is 2. The molecule has 0 spiro atoms. The van der Waals surface area contributed by atoms with Gasteiger partial charge in [0.2, 0.25) is 0 Å². The molecular formula is C27H18BrClN4O6. The van der Waals surface area contributed by atoms with Crippen LogP contribution in [0.1, 0.15) is 64.8 Å². The molecule has 3 aliphatic rings. The van der Waals surface area contributed by atoms with Crippen molar-refractivity contribution in [1.82, 2.24) is 19.7 Å². The normalized spacial score (nSPS) is 17.0. The first-order chi connectivity index (χ1) is 18.6. The number of imide groups is 2. The van der Waals surface area contributed by atoms with Gasteiger partial charge in [0.25, 0.3) is 35.1 Å². The number of nitrogens with one attached hydrogen (secondary N) is 1. The van der Waals surface area contributed by atoms with Crippen LogP contribution in [0.5, 0.6) is 0 Å². The highest BCUT2D eigenvalue weighted by atomic mass is 79.9. The van der Waals surface area contributed by atoms with Crippen molar-refractivity contribution in [1.29, 1.82) is 0 Å². The van der Waals surface area contributed by atoms with Gasteiger partial charge in [-0.1, -0.05) is 35.9 Å². The number of carbonyl (C=O) groups excluding carboxylic acids is 5. The van der Waals surface area contributed by atoms with Gasteiger partial charge >= 0.3 is 0 Å². The molecular weight excluding hydrogens is 592 g/mol. The zero-order valence-electron chi connectivity index (χ0n) is 20.1. The van der Waals surface area contributed by atoms with E-state index in [9.17, 15) is 28.8 Å². The second-order valence-electron chi connectivity index (χ2n) is 9.43. The molecule has 12 heteroatoms. The Labute approximate surface area is 234 Å². The van der Waals surface area contributed by atoms with Crippen LogP contribution >= 0.6 is 27.5 Å². The smallest absolute Gasteiger partial charge is 0.271 e. The van der Waals surface area contributed by atoms with Crippen molar-refractivity contribution >= 4 is 57.1 Å². The van der Waals surface area contributed by atoms with Gasteiger partial charge in [0, 0.05) is 25.9 Å². The van der Waals surface area contributed by atoms with Gasteiger partial charge in [-0.05, 0) is 46.3 Å². The third-order valence-electron chi connectivity index (χ3n) is 7.35. The van der Waals surface area contributed by atoms with Gasteiger partial charge in [0.15, 0.2) is 0 Å². The third-order valence-corrected chi connectivity index (χ3v) is 8.21. The van der Waals surface area contributed by atoms with Crippen molar-refractivity contribution < 1.29 is 24.0 Å². The van der Waals surface area contributed by atoms with Crippen molar-refractivity contribution in [2.75, 3.05) is 13.1 Å². The summed E-state index contributed by atoms with van der Waals surface area (Å²) in [5, 5.41) is 2.83. The molecule has 1 N–H and O–H groups in total. The predicted octanol–water partition coefficient (Wildman–Crippen LogP) is 3.03. The highest BCUT2D eigenvalue weighted by molar-refractivity contribution is 9.10. The van der Waals surface area contributed by atoms with Crippen molar-refractivity contribution in [2.24, 2.45) is 0 Å². The summed E-state index contributed by atoms with van der Waals surface area (Å²) in [7, 11) is 0. The molecule has 0 radical (unpaired) electrons. The largest absolute Gasteiger partial charge is 0.327 e. The Morgan fingerprint density at radius 2 is 1.13 bits per heavy atom. The van der Waals surface area contributed by atoms with Crippen LogP contribution in [0.15, 0.2) is 63.9 Å². The SMILES string of the molecule is O=C1NC(CCN2C(=O)c3ccccc3C2=O)(CCN2C(=O)c3ccccc3C2=O)n2c1c(Cl)cc(Br)c2=O. The fourth-order valence-corrected chi connectivity index (χ4v) is 6.27. The minimum Gasteiger partial charge on any atom is -0.327 e. The number of benzene rings is 2. The van der Waals surface area contributed by atoms with E-state index in [-0.39, 0.29) is 63.4 Å². The van der Waals surface area contributed by atoms with E-state index in [0.29, 0.717) is 0 Å². The highest BCUT2D eigenvalue weighted by Crippen LogP contribution is 2.35. The van der Waals surface area contributed by atoms with Gasteiger partial charge in [-0.25, -0.2) is 0 Å². The summed E-state index contributed by atoms with van der Waals surface area (Å²) in [4.78, 5) is 80.6. The third kappa shape index (κ3) is 3.68. The second kappa shape index (κ2) is 8.99. The molecule has 2 aromatic carbocycles. The number of fused-ring (bicyclic) bond motifs is 3. The lowest BCUT2D eigenvalue weighted by Crippen LogP contribution is -2.52. The van der Waals surface area contributed by atoms with E-state index in [4.69, 9.17) is 11.6 Å². The Morgan fingerprint density at radius 3 is 1.54 bits per heavy atom. The summed E-state index contributed by atoms with van der Waals surface area (Å²) >= 11 is 9.54. The summed E-state index contributed by atoms with van der Waals surface area (Å²) in [6, 6.07) is 14.2. The first-order valence-corrected chi connectivity index (χ1v) is 13.2. The average Bonchev–Trinajstić information content (AvgIpc) is 3.46. The van der Waals surface area contributed by atoms with Crippen LogP contribution in [-0.4, -0.2) is 57.0 Å². The number of nitrogens with zero attached hydrogens (tertiary/aromatic N) is 3. The van der Waals surface area contributed by atoms with Crippen LogP contribution in [0, 0.1) is 0 Å². The van der Waals surface area contributed by atoms with Gasteiger partial charge in [0.05, 0.1) is 31.7 Å². The lowest BCUT2D eigenvalue weighted by molar-refractivity contribution is 0.0593. The average molecular weight is 610 g/mol. The molecule has 0 atom stereocenters. The fourth-order valence-electron chi connectivity index (χ4n) is 5.45. The number of aromatic nitrogens is 1. The molecule has 1 aromatic heterocycles. The molecule has 5 amide bonds. The summed E-state index contributed by atoms with van der Waals surface area (Å²) in [5.74, 6) is -2.59. The van der Waals surface area contributed by atoms with E-state index >= 15 is 0 Å². The lowest BCUT2D eigenvalue weighted by Gasteiger charge is -2.34. The van der Waals surface area contributed by atoms with Crippen LogP contribution in [-0.2, 0) is 5.66 Å². The van der Waals surface area contributed by atoms with Crippen LogP contribution in [0.2, 0.25) is 5.02 Å². The Kier molecular flexibility index (Phi) is 5.81. The molecule has 0 aliphatic carbocycles. The molecule has 196 valence electrons. The topological polar surface area (TPSA) is 126 Å². The van der Waals surface area contributed by atoms with E-state index < -0.39 is 40.8 Å². The molecule has 0 saturated heterocycles. The van der Waals surface area contributed by atoms with Gasteiger partial charge in [0.1, 0.15) is 11.4 Å². The molecule has 0 saturated carbocycles. The van der Waals surface area contributed by atoms with Gasteiger partial charge < -0.3 is 5.32 Å². The molecule has 0 unspecified atom stereocenters. The maximum atomic E-state index is 13.4. The summed E-state index contributed by atoms with van der Waals surface area (Å²) < 4.78 is 1.29. The Balaban J connectivity index is 1.36. The number of hydrogen-bond acceptors (Lipinski definition) is 6. The Bertz CT molecular complexity index is 1570. The van der Waals surface area contributed by atoms with Crippen molar-refractivity contribution in [3.63, 3.8) is 0 Å². The van der Waals surface area contributed by atoms with Crippen molar-refractivity contribution in [3.05, 3.63) is 102 Å². The van der Waals surface area contributed by atoms with Crippen LogP contribution in [0.25, 0.3) is 0 Å².